The number of thioether (sulfide) groups is 1. The molecule has 2 aromatic carbocycles. The molecule has 0 spiro atoms. The van der Waals surface area contributed by atoms with Crippen molar-refractivity contribution in [3.63, 3.8) is 0 Å². The lowest BCUT2D eigenvalue weighted by molar-refractivity contribution is -0.120. The molecule has 42 heavy (non-hydrogen) atoms. The highest BCUT2D eigenvalue weighted by atomic mass is 35.5. The molecule has 4 aromatic rings. The quantitative estimate of drug-likeness (QED) is 0.121. The second-order valence-corrected chi connectivity index (χ2v) is 13.2. The molecule has 0 saturated heterocycles. The van der Waals surface area contributed by atoms with Crippen LogP contribution in [0, 0.1) is 13.8 Å². The van der Waals surface area contributed by atoms with Crippen molar-refractivity contribution in [2.75, 3.05) is 11.5 Å². The molecule has 3 N–H and O–H groups in total. The highest BCUT2D eigenvalue weighted by Gasteiger charge is 2.46. The predicted molar refractivity (Wildman–Crippen MR) is 163 cm³/mol. The smallest absolute Gasteiger partial charge is 0.296 e. The second kappa shape index (κ2) is 12.4. The van der Waals surface area contributed by atoms with E-state index in [0.29, 0.717) is 47.0 Å². The minimum atomic E-state index is -1.02. The summed E-state index contributed by atoms with van der Waals surface area (Å²) >= 11 is 16.0. The molecule has 5 rings (SSSR count). The molecule has 0 radical (unpaired) electrons. The predicted octanol–water partition coefficient (Wildman–Crippen LogP) is 5.86. The Labute approximate surface area is 262 Å². The highest BCUT2D eigenvalue weighted by Crippen LogP contribution is 2.45. The molecule has 1 unspecified atom stereocenters. The summed E-state index contributed by atoms with van der Waals surface area (Å²) in [5, 5.41) is 21.4. The number of amides is 2. The lowest BCUT2D eigenvalue weighted by Gasteiger charge is -2.24. The van der Waals surface area contributed by atoms with Gasteiger partial charge in [-0.25, -0.2) is 4.98 Å². The van der Waals surface area contributed by atoms with Crippen molar-refractivity contribution in [2.24, 2.45) is 5.73 Å². The van der Waals surface area contributed by atoms with E-state index in [1.165, 1.54) is 28.0 Å². The van der Waals surface area contributed by atoms with E-state index >= 15 is 0 Å². The van der Waals surface area contributed by atoms with Gasteiger partial charge >= 0.3 is 0 Å². The average Bonchev–Trinajstić information content (AvgIpc) is 3.62. The molecule has 2 aromatic heterocycles. The summed E-state index contributed by atoms with van der Waals surface area (Å²) in [6, 6.07) is 10.6. The van der Waals surface area contributed by atoms with E-state index in [9.17, 15) is 19.5 Å². The van der Waals surface area contributed by atoms with E-state index in [0.717, 1.165) is 16.9 Å². The number of carbonyl (C=O) groups is 3. The molecule has 0 aliphatic carbocycles. The van der Waals surface area contributed by atoms with E-state index in [1.54, 1.807) is 50.2 Å². The van der Waals surface area contributed by atoms with Crippen LogP contribution in [0.5, 0.6) is 5.75 Å². The molecule has 216 valence electrons. The maximum absolute atomic E-state index is 13.8. The van der Waals surface area contributed by atoms with Crippen LogP contribution < -0.4 is 15.4 Å². The van der Waals surface area contributed by atoms with Crippen molar-refractivity contribution in [1.29, 1.82) is 0 Å². The highest BCUT2D eigenvalue weighted by molar-refractivity contribution is 8.00. The van der Waals surface area contributed by atoms with Gasteiger partial charge in [0, 0.05) is 15.8 Å². The summed E-state index contributed by atoms with van der Waals surface area (Å²) in [6.45, 7) is 3.16. The topological polar surface area (TPSA) is 149 Å². The number of aromatic nitrogens is 3. The first-order chi connectivity index (χ1) is 20.0. The Kier molecular flexibility index (Phi) is 8.85. The van der Waals surface area contributed by atoms with Crippen LogP contribution in [0.1, 0.15) is 37.5 Å². The molecule has 0 fully saturated rings. The van der Waals surface area contributed by atoms with Crippen LogP contribution in [-0.4, -0.2) is 44.5 Å². The van der Waals surface area contributed by atoms with Crippen LogP contribution >= 0.6 is 57.6 Å². The molecule has 0 bridgehead atoms. The van der Waals surface area contributed by atoms with E-state index in [4.69, 9.17) is 33.7 Å². The summed E-state index contributed by atoms with van der Waals surface area (Å²) < 4.78 is 5.90. The first-order valence-corrected chi connectivity index (χ1v) is 15.6. The number of nitrogens with zero attached hydrogens (tertiary/aromatic N) is 4. The summed E-state index contributed by atoms with van der Waals surface area (Å²) in [5.74, 6) is -1.77. The van der Waals surface area contributed by atoms with Gasteiger partial charge in [0.1, 0.15) is 5.75 Å². The Morgan fingerprint density at radius 3 is 2.50 bits per heavy atom. The number of aliphatic hydroxyl groups is 1. The summed E-state index contributed by atoms with van der Waals surface area (Å²) in [6.07, 6.45) is 0. The van der Waals surface area contributed by atoms with Crippen LogP contribution in [0.25, 0.3) is 0 Å². The number of nitrogens with two attached hydrogens (primary N) is 1. The van der Waals surface area contributed by atoms with Crippen molar-refractivity contribution >= 4 is 80.4 Å². The number of Topliss-reactive ketones (excluding diaryl/α,β-unsaturated/α-hetero) is 1. The second-order valence-electron chi connectivity index (χ2n) is 9.02. The zero-order valence-corrected chi connectivity index (χ0v) is 25.9. The number of benzene rings is 2. The molecule has 1 aliphatic rings. The minimum Gasteiger partial charge on any atom is -0.503 e. The number of primary amides is 1. The van der Waals surface area contributed by atoms with E-state index in [1.807, 2.05) is 6.07 Å². The number of aryl methyl sites for hydroxylation is 2. The first kappa shape index (κ1) is 30.0. The van der Waals surface area contributed by atoms with Crippen molar-refractivity contribution in [1.82, 2.24) is 15.2 Å². The summed E-state index contributed by atoms with van der Waals surface area (Å²) in [4.78, 5) is 44.3. The Balaban J connectivity index is 1.49. The Hall–Kier alpha value is -3.49. The van der Waals surface area contributed by atoms with Crippen molar-refractivity contribution in [2.45, 2.75) is 30.0 Å². The van der Waals surface area contributed by atoms with Gasteiger partial charge in [0.2, 0.25) is 10.9 Å². The summed E-state index contributed by atoms with van der Waals surface area (Å²) in [5.41, 5.74) is 6.91. The zero-order valence-electron chi connectivity index (χ0n) is 22.0. The standard InChI is InChI=1S/C27H21Cl2N5O5S3/c1-12-24(41-13(2)31-12)22(36)20-21(14-4-7-17(8-5-14)39-10-19(30)35)34(25(38)23(20)37)26-32-33-27(42-26)40-11-15-3-6-16(28)9-18(15)29/h3-9,21,37H,10-11H2,1-2H3,(H2,30,35). The van der Waals surface area contributed by atoms with Gasteiger partial charge in [-0.2, -0.15) is 0 Å². The summed E-state index contributed by atoms with van der Waals surface area (Å²) in [7, 11) is 0. The van der Waals surface area contributed by atoms with Gasteiger partial charge in [0.25, 0.3) is 11.8 Å². The molecule has 3 heterocycles. The van der Waals surface area contributed by atoms with E-state index < -0.39 is 29.4 Å². The Bertz CT molecular complexity index is 1740. The van der Waals surface area contributed by atoms with Crippen LogP contribution in [-0.2, 0) is 15.3 Å². The number of hydrogen-bond donors (Lipinski definition) is 2. The van der Waals surface area contributed by atoms with Gasteiger partial charge in [-0.3, -0.25) is 19.3 Å². The molecule has 1 atom stereocenters. The monoisotopic (exact) mass is 661 g/mol. The lowest BCUT2D eigenvalue weighted by atomic mass is 9.95. The third-order valence-electron chi connectivity index (χ3n) is 6.11. The number of thiazole rings is 1. The first-order valence-electron chi connectivity index (χ1n) is 12.2. The maximum atomic E-state index is 13.8. The normalized spacial score (nSPS) is 15.0. The average molecular weight is 663 g/mol. The number of ether oxygens (including phenoxy) is 1. The van der Waals surface area contributed by atoms with Gasteiger partial charge in [-0.1, -0.05) is 64.5 Å². The Morgan fingerprint density at radius 2 is 1.86 bits per heavy atom. The van der Waals surface area contributed by atoms with Crippen molar-refractivity contribution in [3.05, 3.63) is 90.5 Å². The van der Waals surface area contributed by atoms with E-state index in [-0.39, 0.29) is 17.3 Å². The fourth-order valence-corrected chi connectivity index (χ4v) is 7.55. The molecular weight excluding hydrogens is 641 g/mol. The molecule has 10 nitrogen and oxygen atoms in total. The van der Waals surface area contributed by atoms with Crippen molar-refractivity contribution in [3.8, 4) is 5.75 Å². The molecule has 2 amide bonds. The van der Waals surface area contributed by atoms with Crippen LogP contribution in [0.15, 0.2) is 58.1 Å². The number of aliphatic hydroxyl groups excluding tert-OH is 1. The van der Waals surface area contributed by atoms with E-state index in [2.05, 4.69) is 15.2 Å². The van der Waals surface area contributed by atoms with Crippen molar-refractivity contribution < 1.29 is 24.2 Å². The third kappa shape index (κ3) is 6.15. The Morgan fingerprint density at radius 1 is 1.12 bits per heavy atom. The van der Waals surface area contributed by atoms with Gasteiger partial charge in [0.15, 0.2) is 16.7 Å². The molecule has 1 aliphatic heterocycles. The fraction of sp³-hybridized carbons (Fsp3) is 0.185. The van der Waals surface area contributed by atoms with Gasteiger partial charge < -0.3 is 15.6 Å². The minimum absolute atomic E-state index is 0.102. The maximum Gasteiger partial charge on any atom is 0.296 e. The number of halogens is 2. The molecular formula is C27H21Cl2N5O5S3. The van der Waals surface area contributed by atoms with Gasteiger partial charge in [-0.15, -0.1) is 21.5 Å². The number of ketones is 1. The SMILES string of the molecule is Cc1nc(C)c(C(=O)C2=C(O)C(=O)N(c3nnc(SCc4ccc(Cl)cc4Cl)s3)C2c2ccc(OCC(N)=O)cc2)s1. The van der Waals surface area contributed by atoms with Crippen LogP contribution in [0.2, 0.25) is 10.0 Å². The third-order valence-corrected chi connectivity index (χ3v) is 9.87. The molecule has 15 heteroatoms. The largest absolute Gasteiger partial charge is 0.503 e. The fourth-order valence-electron chi connectivity index (χ4n) is 4.25. The van der Waals surface area contributed by atoms with Crippen LogP contribution in [0.3, 0.4) is 0 Å². The number of anilines is 1. The number of carbonyl (C=O) groups excluding carboxylic acids is 3. The van der Waals surface area contributed by atoms with Gasteiger partial charge in [0.05, 0.1) is 27.2 Å². The zero-order chi connectivity index (χ0) is 30.1. The van der Waals surface area contributed by atoms with Gasteiger partial charge in [-0.05, 0) is 49.2 Å². The number of hydrogen-bond acceptors (Lipinski definition) is 11. The molecule has 0 saturated carbocycles. The lowest BCUT2D eigenvalue weighted by Crippen LogP contribution is -2.31. The number of rotatable bonds is 10. The van der Waals surface area contributed by atoms with Crippen LogP contribution in [0.4, 0.5) is 5.13 Å².